The number of aryl methyl sites for hydroxylation is 1. The highest BCUT2D eigenvalue weighted by Gasteiger charge is 2.28. The number of pyridine rings is 2. The minimum Gasteiger partial charge on any atom is -0.312 e. The highest BCUT2D eigenvalue weighted by Crippen LogP contribution is 2.40. The number of rotatable bonds is 5. The summed E-state index contributed by atoms with van der Waals surface area (Å²) in [6.07, 6.45) is 6.78. The van der Waals surface area contributed by atoms with Gasteiger partial charge < -0.3 is 5.32 Å². The molecule has 1 aliphatic carbocycles. The Bertz CT molecular complexity index is 1080. The molecule has 0 aromatic carbocycles. The monoisotopic (exact) mass is 394 g/mol. The van der Waals surface area contributed by atoms with Crippen molar-refractivity contribution in [2.24, 2.45) is 0 Å². The number of aromatic nitrogens is 2. The van der Waals surface area contributed by atoms with Crippen LogP contribution in [0.4, 0.5) is 10.7 Å². The second kappa shape index (κ2) is 7.28. The summed E-state index contributed by atoms with van der Waals surface area (Å²) in [5.41, 5.74) is 1.78. The van der Waals surface area contributed by atoms with Gasteiger partial charge >= 0.3 is 0 Å². The van der Waals surface area contributed by atoms with E-state index in [4.69, 9.17) is 0 Å². The molecule has 28 heavy (non-hydrogen) atoms. The number of anilines is 1. The standard InChI is InChI=1S/C19H14N4O4S/c24-17(11-3-2-8-20-9-11)16-13-4-1-5-15(13)28-19(16)22-18(25)14-7-6-12(10-21-14)23(26)27/h2-3,6-10H,1,4-5H2,(H,22,25). The Morgan fingerprint density at radius 1 is 1.18 bits per heavy atom. The number of hydrogen-bond acceptors (Lipinski definition) is 7. The summed E-state index contributed by atoms with van der Waals surface area (Å²) in [5, 5.41) is 14.0. The molecule has 0 saturated carbocycles. The predicted octanol–water partition coefficient (Wildman–Crippen LogP) is 3.42. The van der Waals surface area contributed by atoms with Crippen molar-refractivity contribution in [1.29, 1.82) is 0 Å². The largest absolute Gasteiger partial charge is 0.312 e. The molecule has 0 aliphatic heterocycles. The first-order chi connectivity index (χ1) is 13.5. The fraction of sp³-hybridized carbons (Fsp3) is 0.158. The number of ketones is 1. The minimum atomic E-state index is -0.580. The van der Waals surface area contributed by atoms with Crippen molar-refractivity contribution in [3.05, 3.63) is 80.2 Å². The molecule has 0 bridgehead atoms. The number of nitro groups is 1. The zero-order valence-corrected chi connectivity index (χ0v) is 15.4. The fourth-order valence-electron chi connectivity index (χ4n) is 3.17. The highest BCUT2D eigenvalue weighted by atomic mass is 32.1. The van der Waals surface area contributed by atoms with Gasteiger partial charge in [-0.2, -0.15) is 0 Å². The molecule has 0 fully saturated rings. The maximum Gasteiger partial charge on any atom is 0.287 e. The molecule has 3 heterocycles. The third-order valence-electron chi connectivity index (χ3n) is 4.49. The van der Waals surface area contributed by atoms with Crippen LogP contribution in [0, 0.1) is 10.1 Å². The number of nitrogens with zero attached hydrogens (tertiary/aromatic N) is 3. The lowest BCUT2D eigenvalue weighted by molar-refractivity contribution is -0.385. The molecular weight excluding hydrogens is 380 g/mol. The maximum atomic E-state index is 13.1. The Kier molecular flexibility index (Phi) is 4.66. The van der Waals surface area contributed by atoms with Gasteiger partial charge in [0.2, 0.25) is 0 Å². The average molecular weight is 394 g/mol. The van der Waals surface area contributed by atoms with Crippen LogP contribution in [0.2, 0.25) is 0 Å². The summed E-state index contributed by atoms with van der Waals surface area (Å²) in [4.78, 5) is 44.7. The Labute approximate surface area is 163 Å². The molecule has 0 spiro atoms. The molecule has 0 unspecified atom stereocenters. The Hall–Kier alpha value is -3.46. The molecule has 0 saturated heterocycles. The number of fused-ring (bicyclic) bond motifs is 1. The third-order valence-corrected chi connectivity index (χ3v) is 5.70. The van der Waals surface area contributed by atoms with Gasteiger partial charge in [0.1, 0.15) is 16.9 Å². The van der Waals surface area contributed by atoms with E-state index >= 15 is 0 Å². The molecule has 8 nitrogen and oxygen atoms in total. The number of thiophene rings is 1. The minimum absolute atomic E-state index is 0.0407. The van der Waals surface area contributed by atoms with E-state index in [0.717, 1.165) is 35.9 Å². The lowest BCUT2D eigenvalue weighted by Gasteiger charge is -2.07. The second-order valence-electron chi connectivity index (χ2n) is 6.25. The number of carbonyl (C=O) groups excluding carboxylic acids is 2. The molecule has 0 atom stereocenters. The van der Waals surface area contributed by atoms with Gasteiger partial charge in [0.15, 0.2) is 5.78 Å². The molecule has 1 amide bonds. The van der Waals surface area contributed by atoms with Crippen LogP contribution >= 0.6 is 11.3 Å². The van der Waals surface area contributed by atoms with Gasteiger partial charge in [-0.3, -0.25) is 24.7 Å². The third kappa shape index (κ3) is 3.27. The Morgan fingerprint density at radius 3 is 2.71 bits per heavy atom. The SMILES string of the molecule is O=C(Nc1sc2c(c1C(=O)c1cccnc1)CCC2)c1ccc([N+](=O)[O-])cn1. The normalized spacial score (nSPS) is 12.4. The first-order valence-corrected chi connectivity index (χ1v) is 9.37. The van der Waals surface area contributed by atoms with E-state index in [0.29, 0.717) is 16.1 Å². The van der Waals surface area contributed by atoms with E-state index in [9.17, 15) is 19.7 Å². The molecule has 3 aromatic rings. The second-order valence-corrected chi connectivity index (χ2v) is 7.35. The van der Waals surface area contributed by atoms with E-state index in [-0.39, 0.29) is 17.2 Å². The topological polar surface area (TPSA) is 115 Å². The summed E-state index contributed by atoms with van der Waals surface area (Å²) in [7, 11) is 0. The molecule has 9 heteroatoms. The zero-order chi connectivity index (χ0) is 19.7. The summed E-state index contributed by atoms with van der Waals surface area (Å²) in [6.45, 7) is 0. The van der Waals surface area contributed by atoms with Crippen LogP contribution in [0.25, 0.3) is 0 Å². The van der Waals surface area contributed by atoms with Gasteiger partial charge in [-0.1, -0.05) is 0 Å². The van der Waals surface area contributed by atoms with Crippen molar-refractivity contribution < 1.29 is 14.5 Å². The number of amides is 1. The van der Waals surface area contributed by atoms with E-state index in [1.807, 2.05) is 0 Å². The van der Waals surface area contributed by atoms with Crippen molar-refractivity contribution in [2.45, 2.75) is 19.3 Å². The van der Waals surface area contributed by atoms with Gasteiger partial charge in [-0.25, -0.2) is 4.98 Å². The molecule has 4 rings (SSSR count). The smallest absolute Gasteiger partial charge is 0.287 e. The van der Waals surface area contributed by atoms with Crippen molar-refractivity contribution in [2.75, 3.05) is 5.32 Å². The van der Waals surface area contributed by atoms with Crippen LogP contribution in [0.3, 0.4) is 0 Å². The summed E-state index contributed by atoms with van der Waals surface area (Å²) in [5.74, 6) is -0.700. The average Bonchev–Trinajstić information content (AvgIpc) is 3.29. The Morgan fingerprint density at radius 2 is 2.04 bits per heavy atom. The van der Waals surface area contributed by atoms with Crippen LogP contribution in [-0.4, -0.2) is 26.6 Å². The van der Waals surface area contributed by atoms with Crippen LogP contribution in [0.15, 0.2) is 42.9 Å². The van der Waals surface area contributed by atoms with Crippen molar-refractivity contribution in [1.82, 2.24) is 9.97 Å². The fourth-order valence-corrected chi connectivity index (χ4v) is 4.45. The van der Waals surface area contributed by atoms with Gasteiger partial charge in [-0.15, -0.1) is 11.3 Å². The van der Waals surface area contributed by atoms with Gasteiger partial charge in [0.25, 0.3) is 11.6 Å². The van der Waals surface area contributed by atoms with Gasteiger partial charge in [0.05, 0.1) is 10.5 Å². The molecule has 1 N–H and O–H groups in total. The van der Waals surface area contributed by atoms with E-state index < -0.39 is 10.8 Å². The maximum absolute atomic E-state index is 13.1. The van der Waals surface area contributed by atoms with Crippen LogP contribution in [0.1, 0.15) is 43.3 Å². The zero-order valence-electron chi connectivity index (χ0n) is 14.5. The summed E-state index contributed by atoms with van der Waals surface area (Å²) < 4.78 is 0. The van der Waals surface area contributed by atoms with Crippen molar-refractivity contribution in [3.8, 4) is 0 Å². The van der Waals surface area contributed by atoms with Crippen LogP contribution in [0.5, 0.6) is 0 Å². The first-order valence-electron chi connectivity index (χ1n) is 8.55. The number of hydrogen-bond donors (Lipinski definition) is 1. The first kappa shape index (κ1) is 17.9. The predicted molar refractivity (Wildman–Crippen MR) is 103 cm³/mol. The molecule has 1 aliphatic rings. The lowest BCUT2D eigenvalue weighted by Crippen LogP contribution is -2.15. The van der Waals surface area contributed by atoms with Crippen LogP contribution in [-0.2, 0) is 12.8 Å². The summed E-state index contributed by atoms with van der Waals surface area (Å²) >= 11 is 1.39. The molecule has 140 valence electrons. The summed E-state index contributed by atoms with van der Waals surface area (Å²) in [6, 6.07) is 5.89. The van der Waals surface area contributed by atoms with Gasteiger partial charge in [0, 0.05) is 28.9 Å². The van der Waals surface area contributed by atoms with Gasteiger partial charge in [-0.05, 0) is 43.0 Å². The van der Waals surface area contributed by atoms with E-state index in [1.165, 1.54) is 29.7 Å². The molecule has 0 radical (unpaired) electrons. The molecular formula is C19H14N4O4S. The van der Waals surface area contributed by atoms with E-state index in [2.05, 4.69) is 15.3 Å². The van der Waals surface area contributed by atoms with Crippen LogP contribution < -0.4 is 5.32 Å². The highest BCUT2D eigenvalue weighted by molar-refractivity contribution is 7.17. The molecule has 3 aromatic heterocycles. The number of carbonyl (C=O) groups is 2. The number of nitrogens with one attached hydrogen (secondary N) is 1. The van der Waals surface area contributed by atoms with Crippen molar-refractivity contribution >= 4 is 33.7 Å². The quantitative estimate of drug-likeness (QED) is 0.403. The Balaban J connectivity index is 1.66. The lowest BCUT2D eigenvalue weighted by atomic mass is 10.0. The van der Waals surface area contributed by atoms with E-state index in [1.54, 1.807) is 18.3 Å². The van der Waals surface area contributed by atoms with Crippen molar-refractivity contribution in [3.63, 3.8) is 0 Å².